The van der Waals surface area contributed by atoms with Gasteiger partial charge < -0.3 is 9.47 Å². The summed E-state index contributed by atoms with van der Waals surface area (Å²) in [6.45, 7) is 0. The van der Waals surface area contributed by atoms with Gasteiger partial charge >= 0.3 is 12.3 Å². The SMILES string of the molecule is COC(=O)c1cn(S(=O)(=O)c2cccnc2)c(-c2ccc(OC(F)(F)F)cc2F)c1C1CC1. The highest BCUT2D eigenvalue weighted by Gasteiger charge is 2.38. The van der Waals surface area contributed by atoms with Crippen molar-refractivity contribution < 1.29 is 40.2 Å². The maximum Gasteiger partial charge on any atom is 0.573 e. The second kappa shape index (κ2) is 8.18. The van der Waals surface area contributed by atoms with E-state index in [-0.39, 0.29) is 33.2 Å². The van der Waals surface area contributed by atoms with E-state index in [9.17, 15) is 26.4 Å². The molecule has 0 N–H and O–H groups in total. The summed E-state index contributed by atoms with van der Waals surface area (Å²) in [6, 6.07) is 5.02. The van der Waals surface area contributed by atoms with Crippen LogP contribution in [0, 0.1) is 5.82 Å². The van der Waals surface area contributed by atoms with Crippen LogP contribution < -0.4 is 4.74 Å². The Kier molecular flexibility index (Phi) is 5.64. The summed E-state index contributed by atoms with van der Waals surface area (Å²) in [7, 11) is -3.23. The molecule has 4 rings (SSSR count). The van der Waals surface area contributed by atoms with Crippen LogP contribution in [0.5, 0.6) is 5.75 Å². The molecule has 1 aliphatic carbocycles. The van der Waals surface area contributed by atoms with Gasteiger partial charge in [0.2, 0.25) is 0 Å². The lowest BCUT2D eigenvalue weighted by molar-refractivity contribution is -0.274. The molecule has 2 aromatic heterocycles. The van der Waals surface area contributed by atoms with Crippen molar-refractivity contribution in [2.45, 2.75) is 30.0 Å². The fourth-order valence-corrected chi connectivity index (χ4v) is 4.86. The molecule has 2 heterocycles. The zero-order valence-electron chi connectivity index (χ0n) is 17.0. The Balaban J connectivity index is 1.97. The van der Waals surface area contributed by atoms with Crippen molar-refractivity contribution in [2.75, 3.05) is 7.11 Å². The zero-order chi connectivity index (χ0) is 24.0. The van der Waals surface area contributed by atoms with E-state index in [4.69, 9.17) is 4.74 Å². The highest BCUT2D eigenvalue weighted by atomic mass is 32.2. The molecular weight excluding hydrogens is 468 g/mol. The predicted molar refractivity (Wildman–Crippen MR) is 107 cm³/mol. The van der Waals surface area contributed by atoms with Crippen LogP contribution in [-0.4, -0.2) is 36.8 Å². The third-order valence-corrected chi connectivity index (χ3v) is 6.67. The lowest BCUT2D eigenvalue weighted by atomic mass is 10.0. The molecule has 0 spiro atoms. The van der Waals surface area contributed by atoms with E-state index in [0.717, 1.165) is 35.6 Å². The lowest BCUT2D eigenvalue weighted by Gasteiger charge is -2.15. The smallest absolute Gasteiger partial charge is 0.465 e. The van der Waals surface area contributed by atoms with E-state index in [1.54, 1.807) is 0 Å². The summed E-state index contributed by atoms with van der Waals surface area (Å²) in [5.41, 5.74) is -0.304. The van der Waals surface area contributed by atoms with E-state index in [1.165, 1.54) is 18.3 Å². The molecule has 0 bridgehead atoms. The van der Waals surface area contributed by atoms with E-state index in [2.05, 4.69) is 9.72 Å². The molecule has 0 saturated heterocycles. The Morgan fingerprint density at radius 3 is 2.48 bits per heavy atom. The van der Waals surface area contributed by atoms with Crippen molar-refractivity contribution in [3.63, 3.8) is 0 Å². The molecule has 0 unspecified atom stereocenters. The largest absolute Gasteiger partial charge is 0.573 e. The first-order valence-electron chi connectivity index (χ1n) is 9.57. The number of halogens is 4. The number of carbonyl (C=O) groups excluding carboxylic acids is 1. The van der Waals surface area contributed by atoms with Crippen molar-refractivity contribution in [1.82, 2.24) is 8.96 Å². The van der Waals surface area contributed by atoms with Gasteiger partial charge in [-0.2, -0.15) is 0 Å². The maximum absolute atomic E-state index is 15.1. The topological polar surface area (TPSA) is 87.5 Å². The minimum Gasteiger partial charge on any atom is -0.465 e. The molecule has 12 heteroatoms. The number of ether oxygens (including phenoxy) is 2. The van der Waals surface area contributed by atoms with Crippen molar-refractivity contribution >= 4 is 16.0 Å². The van der Waals surface area contributed by atoms with Gasteiger partial charge in [0.05, 0.1) is 18.4 Å². The second-order valence-corrected chi connectivity index (χ2v) is 9.06. The van der Waals surface area contributed by atoms with Crippen LogP contribution in [0.3, 0.4) is 0 Å². The monoisotopic (exact) mass is 484 g/mol. The van der Waals surface area contributed by atoms with Gasteiger partial charge in [-0.1, -0.05) is 0 Å². The molecule has 174 valence electrons. The lowest BCUT2D eigenvalue weighted by Crippen LogP contribution is -2.17. The molecule has 0 amide bonds. The first-order valence-corrected chi connectivity index (χ1v) is 11.0. The molecule has 0 radical (unpaired) electrons. The van der Waals surface area contributed by atoms with Gasteiger partial charge in [0, 0.05) is 30.2 Å². The van der Waals surface area contributed by atoms with Crippen LogP contribution >= 0.6 is 0 Å². The number of hydrogen-bond acceptors (Lipinski definition) is 6. The molecule has 1 aromatic carbocycles. The van der Waals surface area contributed by atoms with Crippen LogP contribution in [0.4, 0.5) is 17.6 Å². The Morgan fingerprint density at radius 2 is 1.94 bits per heavy atom. The fourth-order valence-electron chi connectivity index (χ4n) is 3.51. The van der Waals surface area contributed by atoms with Crippen LogP contribution in [0.25, 0.3) is 11.3 Å². The molecule has 0 atom stereocenters. The average Bonchev–Trinajstić information content (AvgIpc) is 3.52. The molecule has 7 nitrogen and oxygen atoms in total. The Bertz CT molecular complexity index is 1320. The van der Waals surface area contributed by atoms with Gasteiger partial charge in [-0.05, 0) is 48.6 Å². The first kappa shape index (κ1) is 22.8. The van der Waals surface area contributed by atoms with Crippen LogP contribution in [0.2, 0.25) is 0 Å². The normalized spacial score (nSPS) is 14.2. The zero-order valence-corrected chi connectivity index (χ0v) is 17.8. The summed E-state index contributed by atoms with van der Waals surface area (Å²) in [5.74, 6) is -3.03. The molecule has 1 saturated carbocycles. The van der Waals surface area contributed by atoms with Gasteiger partial charge in [0.1, 0.15) is 16.5 Å². The summed E-state index contributed by atoms with van der Waals surface area (Å²) in [5, 5.41) is 0. The number of hydrogen-bond donors (Lipinski definition) is 0. The molecule has 3 aromatic rings. The third kappa shape index (κ3) is 4.42. The predicted octanol–water partition coefficient (Wildman–Crippen LogP) is 4.49. The molecule has 33 heavy (non-hydrogen) atoms. The van der Waals surface area contributed by atoms with Crippen LogP contribution in [-0.2, 0) is 14.8 Å². The van der Waals surface area contributed by atoms with E-state index in [1.807, 2.05) is 0 Å². The van der Waals surface area contributed by atoms with Gasteiger partial charge in [0.15, 0.2) is 0 Å². The van der Waals surface area contributed by atoms with Crippen LogP contribution in [0.15, 0.2) is 53.8 Å². The molecule has 1 aliphatic rings. The van der Waals surface area contributed by atoms with Crippen molar-refractivity contribution in [3.05, 3.63) is 65.9 Å². The number of benzene rings is 1. The average molecular weight is 484 g/mol. The quantitative estimate of drug-likeness (QED) is 0.379. The van der Waals surface area contributed by atoms with E-state index >= 15 is 4.39 Å². The molecular formula is C21H16F4N2O5S. The first-order chi connectivity index (χ1) is 15.5. The number of methoxy groups -OCH3 is 1. The summed E-state index contributed by atoms with van der Waals surface area (Å²) < 4.78 is 88.7. The highest BCUT2D eigenvalue weighted by Crippen LogP contribution is 2.48. The standard InChI is InChI=1S/C21H16F4N2O5S/c1-31-20(28)16-11-27(33(29,30)14-3-2-8-26-10-14)19(18(16)12-4-5-12)15-7-6-13(9-17(15)22)32-21(23,24)25/h2-3,6-12H,4-5H2,1H3. The summed E-state index contributed by atoms with van der Waals surface area (Å²) in [4.78, 5) is 16.0. The molecule has 1 fully saturated rings. The highest BCUT2D eigenvalue weighted by molar-refractivity contribution is 7.90. The van der Waals surface area contributed by atoms with Gasteiger partial charge in [-0.25, -0.2) is 21.6 Å². The number of aromatic nitrogens is 2. The van der Waals surface area contributed by atoms with E-state index < -0.39 is 33.9 Å². The third-order valence-electron chi connectivity index (χ3n) is 5.02. The van der Waals surface area contributed by atoms with Crippen molar-refractivity contribution in [2.24, 2.45) is 0 Å². The number of nitrogens with zero attached hydrogens (tertiary/aromatic N) is 2. The Labute approximate surface area is 185 Å². The van der Waals surface area contributed by atoms with Gasteiger partial charge in [-0.15, -0.1) is 13.2 Å². The van der Waals surface area contributed by atoms with Gasteiger partial charge in [-0.3, -0.25) is 4.98 Å². The van der Waals surface area contributed by atoms with Gasteiger partial charge in [0.25, 0.3) is 10.0 Å². The van der Waals surface area contributed by atoms with E-state index in [0.29, 0.717) is 18.9 Å². The summed E-state index contributed by atoms with van der Waals surface area (Å²) >= 11 is 0. The minimum atomic E-state index is -5.03. The van der Waals surface area contributed by atoms with Crippen molar-refractivity contribution in [1.29, 1.82) is 0 Å². The second-order valence-electron chi connectivity index (χ2n) is 7.25. The number of carbonyl (C=O) groups is 1. The number of rotatable bonds is 6. The molecule has 0 aliphatic heterocycles. The number of alkyl halides is 3. The number of esters is 1. The Morgan fingerprint density at radius 1 is 1.21 bits per heavy atom. The summed E-state index contributed by atoms with van der Waals surface area (Å²) in [6.07, 6.45) is -0.310. The minimum absolute atomic E-state index is 0.0718. The fraction of sp³-hybridized carbons (Fsp3) is 0.238. The van der Waals surface area contributed by atoms with Crippen molar-refractivity contribution in [3.8, 4) is 17.0 Å². The maximum atomic E-state index is 15.1. The van der Waals surface area contributed by atoms with Crippen LogP contribution in [0.1, 0.15) is 34.7 Å². The number of pyridine rings is 1. The Hall–Kier alpha value is -3.41.